The molecule has 0 aliphatic carbocycles. The van der Waals surface area contributed by atoms with Crippen LogP contribution in [0.15, 0.2) is 0 Å². The first-order valence-corrected chi connectivity index (χ1v) is 6.12. The molecule has 1 fully saturated rings. The Morgan fingerprint density at radius 3 is 2.93 bits per heavy atom. The fourth-order valence-corrected chi connectivity index (χ4v) is 1.91. The van der Waals surface area contributed by atoms with Crippen molar-refractivity contribution >= 4 is 30.1 Å². The van der Waals surface area contributed by atoms with E-state index in [4.69, 9.17) is 0 Å². The van der Waals surface area contributed by atoms with Crippen molar-refractivity contribution in [3.8, 4) is 0 Å². The highest BCUT2D eigenvalue weighted by molar-refractivity contribution is 7.99. The quantitative estimate of drug-likeness (QED) is 0.767. The maximum Gasteiger partial charge on any atom is 0.230 e. The van der Waals surface area contributed by atoms with Crippen LogP contribution in [0.3, 0.4) is 0 Å². The SMILES string of the molecule is CSCC(=O)NC1CNCCC1C.Cl. The average Bonchev–Trinajstić information content (AvgIpc) is 2.09. The Morgan fingerprint density at radius 2 is 2.36 bits per heavy atom. The van der Waals surface area contributed by atoms with Crippen molar-refractivity contribution in [2.45, 2.75) is 19.4 Å². The number of hydrogen-bond acceptors (Lipinski definition) is 3. The lowest BCUT2D eigenvalue weighted by atomic mass is 9.95. The topological polar surface area (TPSA) is 41.1 Å². The van der Waals surface area contributed by atoms with Crippen LogP contribution in [0.4, 0.5) is 0 Å². The first-order chi connectivity index (χ1) is 6.24. The summed E-state index contributed by atoms with van der Waals surface area (Å²) in [6, 6.07) is 0.327. The van der Waals surface area contributed by atoms with Gasteiger partial charge in [-0.2, -0.15) is 11.8 Å². The molecule has 14 heavy (non-hydrogen) atoms. The Kier molecular flexibility index (Phi) is 7.41. The normalized spacial score (nSPS) is 26.4. The summed E-state index contributed by atoms with van der Waals surface area (Å²) >= 11 is 1.57. The van der Waals surface area contributed by atoms with Crippen molar-refractivity contribution in [1.82, 2.24) is 10.6 Å². The third kappa shape index (κ3) is 4.53. The molecule has 0 spiro atoms. The van der Waals surface area contributed by atoms with E-state index in [2.05, 4.69) is 17.6 Å². The molecule has 1 aliphatic rings. The molecule has 1 aliphatic heterocycles. The molecule has 0 aromatic heterocycles. The van der Waals surface area contributed by atoms with E-state index in [1.807, 2.05) is 6.26 Å². The number of hydrogen-bond donors (Lipinski definition) is 2. The summed E-state index contributed by atoms with van der Waals surface area (Å²) in [5, 5.41) is 6.34. The molecule has 0 radical (unpaired) electrons. The first-order valence-electron chi connectivity index (χ1n) is 4.73. The minimum atomic E-state index is 0. The molecule has 0 aromatic rings. The van der Waals surface area contributed by atoms with E-state index in [-0.39, 0.29) is 18.3 Å². The van der Waals surface area contributed by atoms with E-state index in [0.717, 1.165) is 19.5 Å². The highest BCUT2D eigenvalue weighted by Gasteiger charge is 2.21. The van der Waals surface area contributed by atoms with Crippen LogP contribution in [0.2, 0.25) is 0 Å². The molecule has 2 N–H and O–H groups in total. The lowest BCUT2D eigenvalue weighted by Crippen LogP contribution is -2.50. The summed E-state index contributed by atoms with van der Waals surface area (Å²) in [6.45, 7) is 4.20. The molecule has 1 saturated heterocycles. The zero-order chi connectivity index (χ0) is 9.68. The molecule has 0 bridgehead atoms. The molecule has 3 nitrogen and oxygen atoms in total. The Balaban J connectivity index is 0.00000169. The molecule has 5 heteroatoms. The van der Waals surface area contributed by atoms with E-state index in [1.165, 1.54) is 0 Å². The molecule has 84 valence electrons. The molecule has 2 atom stereocenters. The summed E-state index contributed by atoms with van der Waals surface area (Å²) in [5.74, 6) is 1.34. The van der Waals surface area contributed by atoms with E-state index in [1.54, 1.807) is 11.8 Å². The predicted molar refractivity (Wildman–Crippen MR) is 64.2 cm³/mol. The van der Waals surface area contributed by atoms with Gasteiger partial charge in [0, 0.05) is 12.6 Å². The highest BCUT2D eigenvalue weighted by atomic mass is 35.5. The second-order valence-electron chi connectivity index (χ2n) is 3.58. The number of carbonyl (C=O) groups excluding carboxylic acids is 1. The fraction of sp³-hybridized carbons (Fsp3) is 0.889. The van der Waals surface area contributed by atoms with Gasteiger partial charge >= 0.3 is 0 Å². The van der Waals surface area contributed by atoms with Crippen LogP contribution in [-0.2, 0) is 4.79 Å². The molecule has 0 saturated carbocycles. The zero-order valence-electron chi connectivity index (χ0n) is 8.71. The van der Waals surface area contributed by atoms with Gasteiger partial charge in [-0.25, -0.2) is 0 Å². The highest BCUT2D eigenvalue weighted by Crippen LogP contribution is 2.11. The van der Waals surface area contributed by atoms with Crippen LogP contribution in [0.5, 0.6) is 0 Å². The Hall–Kier alpha value is 0.0700. The molecule has 2 unspecified atom stereocenters. The molecule has 1 rings (SSSR count). The van der Waals surface area contributed by atoms with Crippen LogP contribution in [0.25, 0.3) is 0 Å². The van der Waals surface area contributed by atoms with Gasteiger partial charge < -0.3 is 10.6 Å². The molecule has 1 amide bonds. The zero-order valence-corrected chi connectivity index (χ0v) is 10.3. The van der Waals surface area contributed by atoms with Gasteiger partial charge in [-0.05, 0) is 25.1 Å². The molecule has 1 heterocycles. The number of nitrogens with one attached hydrogen (secondary N) is 2. The maximum absolute atomic E-state index is 11.3. The van der Waals surface area contributed by atoms with Crippen molar-refractivity contribution in [1.29, 1.82) is 0 Å². The van der Waals surface area contributed by atoms with Crippen LogP contribution in [0.1, 0.15) is 13.3 Å². The minimum Gasteiger partial charge on any atom is -0.351 e. The molecular formula is C9H19ClN2OS. The van der Waals surface area contributed by atoms with E-state index in [0.29, 0.717) is 17.7 Å². The van der Waals surface area contributed by atoms with E-state index >= 15 is 0 Å². The minimum absolute atomic E-state index is 0. The summed E-state index contributed by atoms with van der Waals surface area (Å²) < 4.78 is 0. The largest absolute Gasteiger partial charge is 0.351 e. The molecular weight excluding hydrogens is 220 g/mol. The predicted octanol–water partition coefficient (Wildman–Crippen LogP) is 0.885. The lowest BCUT2D eigenvalue weighted by Gasteiger charge is -2.30. The van der Waals surface area contributed by atoms with Crippen LogP contribution in [0, 0.1) is 5.92 Å². The van der Waals surface area contributed by atoms with Crippen molar-refractivity contribution in [2.75, 3.05) is 25.1 Å². The average molecular weight is 239 g/mol. The van der Waals surface area contributed by atoms with Gasteiger partial charge in [-0.15, -0.1) is 12.4 Å². The lowest BCUT2D eigenvalue weighted by molar-refractivity contribution is -0.119. The summed E-state index contributed by atoms with van der Waals surface area (Å²) in [4.78, 5) is 11.3. The smallest absolute Gasteiger partial charge is 0.230 e. The van der Waals surface area contributed by atoms with Crippen molar-refractivity contribution in [3.63, 3.8) is 0 Å². The van der Waals surface area contributed by atoms with E-state index < -0.39 is 0 Å². The van der Waals surface area contributed by atoms with Crippen molar-refractivity contribution < 1.29 is 4.79 Å². The van der Waals surface area contributed by atoms with Gasteiger partial charge in [0.2, 0.25) is 5.91 Å². The van der Waals surface area contributed by atoms with Gasteiger partial charge in [0.25, 0.3) is 0 Å². The first kappa shape index (κ1) is 14.1. The summed E-state index contributed by atoms with van der Waals surface area (Å²) in [7, 11) is 0. The molecule has 0 aromatic carbocycles. The number of piperidine rings is 1. The second kappa shape index (κ2) is 7.37. The van der Waals surface area contributed by atoms with Crippen molar-refractivity contribution in [3.05, 3.63) is 0 Å². The monoisotopic (exact) mass is 238 g/mol. The Morgan fingerprint density at radius 1 is 1.64 bits per heavy atom. The van der Waals surface area contributed by atoms with E-state index in [9.17, 15) is 4.79 Å². The van der Waals surface area contributed by atoms with Gasteiger partial charge in [-0.1, -0.05) is 6.92 Å². The van der Waals surface area contributed by atoms with Crippen LogP contribution < -0.4 is 10.6 Å². The van der Waals surface area contributed by atoms with Gasteiger partial charge in [-0.3, -0.25) is 4.79 Å². The van der Waals surface area contributed by atoms with Crippen LogP contribution in [-0.4, -0.2) is 37.0 Å². The third-order valence-electron chi connectivity index (χ3n) is 2.45. The maximum atomic E-state index is 11.3. The number of amides is 1. The standard InChI is InChI=1S/C9H18N2OS.ClH/c1-7-3-4-10-5-8(7)11-9(12)6-13-2;/h7-8,10H,3-6H2,1-2H3,(H,11,12);1H. The number of rotatable bonds is 3. The Labute approximate surface area is 96.2 Å². The summed E-state index contributed by atoms with van der Waals surface area (Å²) in [6.07, 6.45) is 3.10. The number of halogens is 1. The van der Waals surface area contributed by atoms with Crippen molar-refractivity contribution in [2.24, 2.45) is 5.92 Å². The van der Waals surface area contributed by atoms with Crippen LogP contribution >= 0.6 is 24.2 Å². The Bertz CT molecular complexity index is 180. The van der Waals surface area contributed by atoms with Gasteiger partial charge in [0.15, 0.2) is 0 Å². The number of carbonyl (C=O) groups is 1. The van der Waals surface area contributed by atoms with Gasteiger partial charge in [0.1, 0.15) is 0 Å². The third-order valence-corrected chi connectivity index (χ3v) is 3.00. The van der Waals surface area contributed by atoms with Gasteiger partial charge in [0.05, 0.1) is 5.75 Å². The number of thioether (sulfide) groups is 1. The fourth-order valence-electron chi connectivity index (χ4n) is 1.56. The summed E-state index contributed by atoms with van der Waals surface area (Å²) in [5.41, 5.74) is 0. The second-order valence-corrected chi connectivity index (χ2v) is 4.44.